The fraction of sp³-hybridized carbons (Fsp3) is 0.765. The topological polar surface area (TPSA) is 52.6 Å². The first-order chi connectivity index (χ1) is 19.8. The van der Waals surface area contributed by atoms with Crippen LogP contribution in [-0.4, -0.2) is 24.7 Å². The summed E-state index contributed by atoms with van der Waals surface area (Å²) in [5, 5.41) is 0. The molecule has 0 N–H and O–H groups in total. The van der Waals surface area contributed by atoms with E-state index in [1.54, 1.807) is 6.07 Å². The summed E-state index contributed by atoms with van der Waals surface area (Å²) in [6.45, 7) is 2.76. The lowest BCUT2D eigenvalue weighted by atomic mass is 10.0. The Balaban J connectivity index is 1.89. The smallest absolute Gasteiger partial charge is 0.429 e. The third-order valence-electron chi connectivity index (χ3n) is 7.42. The van der Waals surface area contributed by atoms with E-state index in [2.05, 4.69) is 6.92 Å². The molecule has 0 aliphatic heterocycles. The largest absolute Gasteiger partial charge is 0.466 e. The first-order valence-electron chi connectivity index (χ1n) is 16.3. The van der Waals surface area contributed by atoms with Gasteiger partial charge in [0, 0.05) is 18.4 Å². The van der Waals surface area contributed by atoms with Crippen molar-refractivity contribution < 1.29 is 32.2 Å². The van der Waals surface area contributed by atoms with Gasteiger partial charge in [-0.15, -0.1) is 0 Å². The molecule has 0 bridgehead atoms. The second-order valence-electron chi connectivity index (χ2n) is 11.3. The normalized spacial score (nSPS) is 12.3. The van der Waals surface area contributed by atoms with E-state index >= 15 is 0 Å². The maximum Gasteiger partial charge on any atom is 0.429 e. The van der Waals surface area contributed by atoms with E-state index in [-0.39, 0.29) is 18.0 Å². The molecule has 0 heterocycles. The summed E-state index contributed by atoms with van der Waals surface area (Å²) in [6, 6.07) is 7.21. The average molecular weight is 585 g/mol. The summed E-state index contributed by atoms with van der Waals surface area (Å²) < 4.78 is 50.0. The Morgan fingerprint density at radius 3 is 1.49 bits per heavy atom. The number of rotatable bonds is 26. The Bertz CT molecular complexity index is 767. The second kappa shape index (κ2) is 24.5. The molecule has 4 nitrogen and oxygen atoms in total. The highest BCUT2D eigenvalue weighted by molar-refractivity contribution is 5.70. The van der Waals surface area contributed by atoms with E-state index in [1.807, 2.05) is 0 Å². The van der Waals surface area contributed by atoms with Crippen LogP contribution in [0.1, 0.15) is 160 Å². The first kappa shape index (κ1) is 37.0. The van der Waals surface area contributed by atoms with E-state index in [0.717, 1.165) is 44.9 Å². The highest BCUT2D eigenvalue weighted by Gasteiger charge is 2.43. The van der Waals surface area contributed by atoms with Crippen LogP contribution >= 0.6 is 0 Å². The molecular formula is C34H55F3O4. The van der Waals surface area contributed by atoms with E-state index in [9.17, 15) is 22.8 Å². The number of esters is 2. The lowest BCUT2D eigenvalue weighted by Gasteiger charge is -2.21. The quantitative estimate of drug-likeness (QED) is 0.0803. The summed E-state index contributed by atoms with van der Waals surface area (Å²) in [4.78, 5) is 23.9. The van der Waals surface area contributed by atoms with Gasteiger partial charge >= 0.3 is 18.1 Å². The molecule has 1 rings (SSSR count). The van der Waals surface area contributed by atoms with Crippen molar-refractivity contribution in [3.8, 4) is 0 Å². The number of carbonyl (C=O) groups excluding carboxylic acids is 2. The van der Waals surface area contributed by atoms with Crippen molar-refractivity contribution in [1.82, 2.24) is 0 Å². The third kappa shape index (κ3) is 21.3. The maximum absolute atomic E-state index is 13.3. The van der Waals surface area contributed by atoms with Gasteiger partial charge in [-0.25, -0.2) is 0 Å². The van der Waals surface area contributed by atoms with Crippen LogP contribution < -0.4 is 0 Å². The predicted molar refractivity (Wildman–Crippen MR) is 160 cm³/mol. The number of hydrogen-bond donors (Lipinski definition) is 0. The summed E-state index contributed by atoms with van der Waals surface area (Å²) in [7, 11) is 0. The molecule has 41 heavy (non-hydrogen) atoms. The molecule has 0 aliphatic rings. The molecular weight excluding hydrogens is 529 g/mol. The van der Waals surface area contributed by atoms with Crippen molar-refractivity contribution in [1.29, 1.82) is 0 Å². The van der Waals surface area contributed by atoms with E-state index in [4.69, 9.17) is 9.47 Å². The monoisotopic (exact) mass is 584 g/mol. The fourth-order valence-electron chi connectivity index (χ4n) is 4.94. The molecule has 0 amide bonds. The molecule has 0 aromatic heterocycles. The van der Waals surface area contributed by atoms with Crippen LogP contribution in [0.4, 0.5) is 13.2 Å². The summed E-state index contributed by atoms with van der Waals surface area (Å²) in [5.41, 5.74) is -0.0773. The minimum absolute atomic E-state index is 0.0367. The van der Waals surface area contributed by atoms with Gasteiger partial charge in [-0.3, -0.25) is 9.59 Å². The number of hydrogen-bond acceptors (Lipinski definition) is 4. The van der Waals surface area contributed by atoms with Gasteiger partial charge in [0.2, 0.25) is 6.10 Å². The summed E-state index contributed by atoms with van der Waals surface area (Å²) in [6.07, 6.45) is 16.4. The van der Waals surface area contributed by atoms with Crippen molar-refractivity contribution >= 4 is 11.9 Å². The van der Waals surface area contributed by atoms with Gasteiger partial charge in [-0.05, 0) is 19.3 Å². The van der Waals surface area contributed by atoms with Crippen LogP contribution in [-0.2, 0) is 19.1 Å². The lowest BCUT2D eigenvalue weighted by molar-refractivity contribution is -0.224. The Morgan fingerprint density at radius 2 is 1.02 bits per heavy atom. The minimum atomic E-state index is -4.65. The lowest BCUT2D eigenvalue weighted by Crippen LogP contribution is -2.26. The zero-order valence-electron chi connectivity index (χ0n) is 25.5. The molecule has 1 aromatic carbocycles. The predicted octanol–water partition coefficient (Wildman–Crippen LogP) is 11.0. The van der Waals surface area contributed by atoms with Gasteiger partial charge in [-0.1, -0.05) is 146 Å². The van der Waals surface area contributed by atoms with Gasteiger partial charge in [0.25, 0.3) is 0 Å². The number of halogens is 3. The minimum Gasteiger partial charge on any atom is -0.466 e. The first-order valence-corrected chi connectivity index (χ1v) is 16.3. The number of carbonyl (C=O) groups is 2. The van der Waals surface area contributed by atoms with Crippen LogP contribution in [0.2, 0.25) is 0 Å². The van der Waals surface area contributed by atoms with Crippen LogP contribution in [0, 0.1) is 0 Å². The van der Waals surface area contributed by atoms with E-state index in [0.29, 0.717) is 19.4 Å². The van der Waals surface area contributed by atoms with Crippen molar-refractivity contribution in [3.05, 3.63) is 35.9 Å². The number of benzene rings is 1. The zero-order chi connectivity index (χ0) is 30.0. The second-order valence-corrected chi connectivity index (χ2v) is 11.3. The highest BCUT2D eigenvalue weighted by Crippen LogP contribution is 2.36. The fourth-order valence-corrected chi connectivity index (χ4v) is 4.94. The van der Waals surface area contributed by atoms with Gasteiger partial charge in [0.15, 0.2) is 0 Å². The van der Waals surface area contributed by atoms with Crippen LogP contribution in [0.25, 0.3) is 0 Å². The van der Waals surface area contributed by atoms with Gasteiger partial charge in [0.05, 0.1) is 6.61 Å². The molecule has 0 radical (unpaired) electrons. The van der Waals surface area contributed by atoms with Crippen molar-refractivity contribution in [3.63, 3.8) is 0 Å². The molecule has 0 fully saturated rings. The Kier molecular flexibility index (Phi) is 22.1. The number of ether oxygens (including phenoxy) is 2. The molecule has 1 aromatic rings. The molecule has 7 heteroatoms. The number of alkyl halides is 3. The Hall–Kier alpha value is -2.05. The molecule has 236 valence electrons. The maximum atomic E-state index is 13.3. The van der Waals surface area contributed by atoms with Gasteiger partial charge in [0.1, 0.15) is 0 Å². The molecule has 0 saturated heterocycles. The summed E-state index contributed by atoms with van der Waals surface area (Å²) >= 11 is 0. The SMILES string of the molecule is CCCCCCCCCCCCCCCCOC(=O)CCCCCCCCC(=O)OC(c1ccccc1)C(F)(F)F. The standard InChI is InChI=1S/C34H55F3O4/c1-2-3-4-5-6-7-8-9-10-11-12-15-18-24-29-40-31(38)27-22-16-13-14-17-23-28-32(39)41-33(34(35,36)37)30-25-20-19-21-26-30/h19-21,25-26,33H,2-18,22-24,27-29H2,1H3. The van der Waals surface area contributed by atoms with E-state index < -0.39 is 18.2 Å². The van der Waals surface area contributed by atoms with Crippen molar-refractivity contribution in [2.45, 2.75) is 160 Å². The summed E-state index contributed by atoms with van der Waals surface area (Å²) in [5.74, 6) is -0.974. The Labute approximate surface area is 247 Å². The molecule has 0 spiro atoms. The van der Waals surface area contributed by atoms with Gasteiger partial charge < -0.3 is 9.47 Å². The van der Waals surface area contributed by atoms with E-state index in [1.165, 1.54) is 101 Å². The Morgan fingerprint density at radius 1 is 0.610 bits per heavy atom. The van der Waals surface area contributed by atoms with Crippen LogP contribution in [0.3, 0.4) is 0 Å². The van der Waals surface area contributed by atoms with Crippen LogP contribution in [0.15, 0.2) is 30.3 Å². The molecule has 0 aliphatic carbocycles. The van der Waals surface area contributed by atoms with Crippen LogP contribution in [0.5, 0.6) is 0 Å². The zero-order valence-corrected chi connectivity index (χ0v) is 25.5. The van der Waals surface area contributed by atoms with Crippen molar-refractivity contribution in [2.75, 3.05) is 6.61 Å². The van der Waals surface area contributed by atoms with Crippen molar-refractivity contribution in [2.24, 2.45) is 0 Å². The highest BCUT2D eigenvalue weighted by atomic mass is 19.4. The number of unbranched alkanes of at least 4 members (excludes halogenated alkanes) is 18. The third-order valence-corrected chi connectivity index (χ3v) is 7.42. The van der Waals surface area contributed by atoms with Gasteiger partial charge in [-0.2, -0.15) is 13.2 Å². The molecule has 1 unspecified atom stereocenters. The average Bonchev–Trinajstić information content (AvgIpc) is 2.95. The molecule has 1 atom stereocenters. The molecule has 0 saturated carbocycles.